The van der Waals surface area contributed by atoms with Gasteiger partial charge in [0.25, 0.3) is 5.56 Å². The van der Waals surface area contributed by atoms with Crippen LogP contribution in [0.1, 0.15) is 67.3 Å². The first-order valence-electron chi connectivity index (χ1n) is 11.7. The number of hydrogen-bond acceptors (Lipinski definition) is 2. The summed E-state index contributed by atoms with van der Waals surface area (Å²) in [5.74, 6) is 0. The topological polar surface area (TPSA) is 48.1 Å². The fourth-order valence-electron chi connectivity index (χ4n) is 4.72. The summed E-state index contributed by atoms with van der Waals surface area (Å²) in [7, 11) is 0. The van der Waals surface area contributed by atoms with Gasteiger partial charge in [-0.3, -0.25) is 4.79 Å². The van der Waals surface area contributed by atoms with Crippen molar-refractivity contribution in [1.82, 2.24) is 15.2 Å². The normalized spacial score (nSPS) is 15.5. The highest BCUT2D eigenvalue weighted by Gasteiger charge is 2.25. The smallest absolute Gasteiger partial charge is 0.253 e. The third kappa shape index (κ3) is 4.88. The van der Waals surface area contributed by atoms with Gasteiger partial charge in [-0.2, -0.15) is 0 Å². The molecule has 0 spiro atoms. The van der Waals surface area contributed by atoms with Gasteiger partial charge in [0.05, 0.1) is 18.1 Å². The number of aromatic nitrogens is 1. The summed E-state index contributed by atoms with van der Waals surface area (Å²) in [5.41, 5.74) is 5.19. The highest BCUT2D eigenvalue weighted by atomic mass is 32.1. The highest BCUT2D eigenvalue weighted by molar-refractivity contribution is 7.80. The number of aromatic amines is 1. The number of fused-ring (bicyclic) bond motifs is 1. The average Bonchev–Trinajstić information content (AvgIpc) is 2.81. The second-order valence-electron chi connectivity index (χ2n) is 9.10. The molecule has 1 unspecified atom stereocenters. The summed E-state index contributed by atoms with van der Waals surface area (Å²) in [6, 6.07) is 17.1. The zero-order valence-electron chi connectivity index (χ0n) is 19.3. The molecule has 2 N–H and O–H groups in total. The SMILES string of the molecule is Cc1ccc2cc(CN(C(=S)NC(C)c3ccccc3)C3CCCCC3)c(=O)[nH]c2c1C. The first-order valence-corrected chi connectivity index (χ1v) is 12.1. The Morgan fingerprint density at radius 2 is 1.84 bits per heavy atom. The van der Waals surface area contributed by atoms with Gasteiger partial charge in [-0.05, 0) is 74.0 Å². The number of benzene rings is 2. The van der Waals surface area contributed by atoms with E-state index in [1.807, 2.05) is 24.3 Å². The Morgan fingerprint density at radius 3 is 2.56 bits per heavy atom. The van der Waals surface area contributed by atoms with Crippen LogP contribution < -0.4 is 10.9 Å². The van der Waals surface area contributed by atoms with Gasteiger partial charge < -0.3 is 15.2 Å². The van der Waals surface area contributed by atoms with Crippen molar-refractivity contribution >= 4 is 28.2 Å². The second kappa shape index (κ2) is 9.86. The van der Waals surface area contributed by atoms with E-state index >= 15 is 0 Å². The van der Waals surface area contributed by atoms with E-state index in [0.29, 0.717) is 12.6 Å². The van der Waals surface area contributed by atoms with Crippen LogP contribution in [-0.2, 0) is 6.54 Å². The molecule has 1 heterocycles. The molecule has 1 fully saturated rings. The zero-order valence-corrected chi connectivity index (χ0v) is 20.1. The minimum atomic E-state index is -0.0223. The summed E-state index contributed by atoms with van der Waals surface area (Å²) < 4.78 is 0. The predicted octanol–water partition coefficient (Wildman–Crippen LogP) is 5.92. The van der Waals surface area contributed by atoms with Crippen LogP contribution in [0.4, 0.5) is 0 Å². The fourth-order valence-corrected chi connectivity index (χ4v) is 5.11. The van der Waals surface area contributed by atoms with Crippen molar-refractivity contribution in [2.75, 3.05) is 0 Å². The summed E-state index contributed by atoms with van der Waals surface area (Å²) in [6.07, 6.45) is 5.94. The molecule has 1 aliphatic carbocycles. The molecule has 0 radical (unpaired) electrons. The molecule has 32 heavy (non-hydrogen) atoms. The van der Waals surface area contributed by atoms with Crippen molar-refractivity contribution < 1.29 is 0 Å². The van der Waals surface area contributed by atoms with Crippen molar-refractivity contribution in [1.29, 1.82) is 0 Å². The van der Waals surface area contributed by atoms with Crippen molar-refractivity contribution in [2.24, 2.45) is 0 Å². The Morgan fingerprint density at radius 1 is 1.12 bits per heavy atom. The van der Waals surface area contributed by atoms with Gasteiger partial charge in [0.15, 0.2) is 5.11 Å². The molecule has 1 atom stereocenters. The summed E-state index contributed by atoms with van der Waals surface area (Å²) in [6.45, 7) is 6.79. The molecule has 0 bridgehead atoms. The summed E-state index contributed by atoms with van der Waals surface area (Å²) >= 11 is 5.91. The second-order valence-corrected chi connectivity index (χ2v) is 9.48. The van der Waals surface area contributed by atoms with Gasteiger partial charge in [0.1, 0.15) is 0 Å². The molecule has 0 saturated heterocycles. The zero-order chi connectivity index (χ0) is 22.7. The van der Waals surface area contributed by atoms with Gasteiger partial charge in [-0.15, -0.1) is 0 Å². The lowest BCUT2D eigenvalue weighted by Gasteiger charge is -2.37. The Bertz CT molecular complexity index is 1150. The third-order valence-corrected chi connectivity index (χ3v) is 7.24. The summed E-state index contributed by atoms with van der Waals surface area (Å²) in [5, 5.41) is 5.33. The molecular formula is C27H33N3OS. The van der Waals surface area contributed by atoms with Crippen LogP contribution in [0.2, 0.25) is 0 Å². The van der Waals surface area contributed by atoms with Crippen molar-refractivity contribution in [2.45, 2.75) is 71.5 Å². The molecule has 1 saturated carbocycles. The van der Waals surface area contributed by atoms with Crippen LogP contribution in [0.5, 0.6) is 0 Å². The average molecular weight is 448 g/mol. The maximum absolute atomic E-state index is 13.0. The number of hydrogen-bond donors (Lipinski definition) is 2. The molecule has 0 aliphatic heterocycles. The number of rotatable bonds is 5. The van der Waals surface area contributed by atoms with E-state index in [4.69, 9.17) is 12.2 Å². The number of H-pyrrole nitrogens is 1. The van der Waals surface area contributed by atoms with E-state index in [1.165, 1.54) is 30.4 Å². The third-order valence-electron chi connectivity index (χ3n) is 6.88. The molecule has 168 valence electrons. The Kier molecular flexibility index (Phi) is 6.95. The van der Waals surface area contributed by atoms with E-state index in [0.717, 1.165) is 40.0 Å². The van der Waals surface area contributed by atoms with Gasteiger partial charge in [0, 0.05) is 11.6 Å². The monoisotopic (exact) mass is 447 g/mol. The van der Waals surface area contributed by atoms with Crippen LogP contribution in [0.25, 0.3) is 10.9 Å². The molecular weight excluding hydrogens is 414 g/mol. The molecule has 4 rings (SSSR count). The number of pyridine rings is 1. The standard InChI is InChI=1S/C27H33N3OS/c1-18-14-15-22-16-23(26(31)29-25(22)19(18)2)17-30(24-12-8-5-9-13-24)27(32)28-20(3)21-10-6-4-7-11-21/h4,6-7,10-11,14-16,20,24H,5,8-9,12-13,17H2,1-3H3,(H,28,32)(H,29,31). The quantitative estimate of drug-likeness (QED) is 0.477. The van der Waals surface area contributed by atoms with Gasteiger partial charge in [-0.25, -0.2) is 0 Å². The summed E-state index contributed by atoms with van der Waals surface area (Å²) in [4.78, 5) is 18.4. The number of nitrogens with zero attached hydrogens (tertiary/aromatic N) is 1. The Balaban J connectivity index is 1.62. The maximum atomic E-state index is 13.0. The lowest BCUT2D eigenvalue weighted by atomic mass is 9.94. The first kappa shape index (κ1) is 22.5. The minimum Gasteiger partial charge on any atom is -0.356 e. The highest BCUT2D eigenvalue weighted by Crippen LogP contribution is 2.26. The molecule has 4 nitrogen and oxygen atoms in total. The van der Waals surface area contributed by atoms with Crippen LogP contribution in [-0.4, -0.2) is 21.0 Å². The lowest BCUT2D eigenvalue weighted by molar-refractivity contribution is 0.233. The van der Waals surface area contributed by atoms with E-state index in [9.17, 15) is 4.79 Å². The maximum Gasteiger partial charge on any atom is 0.253 e. The van der Waals surface area contributed by atoms with Crippen LogP contribution in [0.15, 0.2) is 53.3 Å². The van der Waals surface area contributed by atoms with E-state index in [1.54, 1.807) is 0 Å². The van der Waals surface area contributed by atoms with E-state index in [-0.39, 0.29) is 11.6 Å². The Hall–Kier alpha value is -2.66. The molecule has 0 amide bonds. The fraction of sp³-hybridized carbons (Fsp3) is 0.407. The predicted molar refractivity (Wildman–Crippen MR) is 137 cm³/mol. The van der Waals surface area contributed by atoms with Gasteiger partial charge >= 0.3 is 0 Å². The Labute approximate surface area is 196 Å². The van der Waals surface area contributed by atoms with Crippen LogP contribution in [0.3, 0.4) is 0 Å². The lowest BCUT2D eigenvalue weighted by Crippen LogP contribution is -2.47. The van der Waals surface area contributed by atoms with E-state index < -0.39 is 0 Å². The number of thiocarbonyl (C=S) groups is 1. The largest absolute Gasteiger partial charge is 0.356 e. The van der Waals surface area contributed by atoms with Crippen molar-refractivity contribution in [3.05, 3.63) is 81.1 Å². The van der Waals surface area contributed by atoms with Gasteiger partial charge in [0.2, 0.25) is 0 Å². The molecule has 1 aromatic heterocycles. The molecule has 1 aliphatic rings. The molecule has 5 heteroatoms. The van der Waals surface area contributed by atoms with Crippen LogP contribution >= 0.6 is 12.2 Å². The minimum absolute atomic E-state index is 0.0223. The number of nitrogens with one attached hydrogen (secondary N) is 2. The van der Waals surface area contributed by atoms with Gasteiger partial charge in [-0.1, -0.05) is 61.7 Å². The van der Waals surface area contributed by atoms with Crippen molar-refractivity contribution in [3.8, 4) is 0 Å². The van der Waals surface area contributed by atoms with E-state index in [2.05, 4.69) is 60.2 Å². The van der Waals surface area contributed by atoms with Crippen LogP contribution in [0, 0.1) is 13.8 Å². The number of aryl methyl sites for hydroxylation is 2. The molecule has 3 aromatic rings. The molecule has 2 aromatic carbocycles. The first-order chi connectivity index (χ1) is 15.4. The van der Waals surface area contributed by atoms with Crippen molar-refractivity contribution in [3.63, 3.8) is 0 Å².